The van der Waals surface area contributed by atoms with Gasteiger partial charge in [0.25, 0.3) is 5.92 Å². The molecule has 0 bridgehead atoms. The van der Waals surface area contributed by atoms with E-state index in [1.165, 1.54) is 23.9 Å². The summed E-state index contributed by atoms with van der Waals surface area (Å²) in [4.78, 5) is 13.5. The van der Waals surface area contributed by atoms with Gasteiger partial charge < -0.3 is 14.2 Å². The number of carbonyl (C=O) groups is 1. The average Bonchev–Trinajstić information content (AvgIpc) is 3.46. The number of ketones is 1. The minimum atomic E-state index is -2.82. The van der Waals surface area contributed by atoms with E-state index in [0.29, 0.717) is 56.5 Å². The Labute approximate surface area is 219 Å². The van der Waals surface area contributed by atoms with Gasteiger partial charge in [-0.2, -0.15) is 0 Å². The van der Waals surface area contributed by atoms with Gasteiger partial charge in [0.15, 0.2) is 5.78 Å². The van der Waals surface area contributed by atoms with Crippen molar-refractivity contribution in [2.75, 3.05) is 33.5 Å². The second kappa shape index (κ2) is 10.9. The fraction of sp³-hybridized carbons (Fsp3) is 0.862. The summed E-state index contributed by atoms with van der Waals surface area (Å²) >= 11 is 0. The largest absolute Gasteiger partial charge is 0.474 e. The summed E-state index contributed by atoms with van der Waals surface area (Å²) in [5.74, 6) is -0.963. The molecule has 5 rings (SSSR count). The van der Waals surface area contributed by atoms with Crippen LogP contribution in [0.4, 0.5) is 8.78 Å². The Bertz CT molecular complexity index is 939. The first-order chi connectivity index (χ1) is 17.7. The highest BCUT2D eigenvalue weighted by Gasteiger charge is 2.69. The fourth-order valence-corrected chi connectivity index (χ4v) is 8.79. The first-order valence-electron chi connectivity index (χ1n) is 14.4. The fourth-order valence-electron chi connectivity index (χ4n) is 8.79. The zero-order valence-electron chi connectivity index (χ0n) is 22.7. The third kappa shape index (κ3) is 5.09. The van der Waals surface area contributed by atoms with Crippen LogP contribution in [0.25, 0.3) is 0 Å². The van der Waals surface area contributed by atoms with E-state index in [1.54, 1.807) is 26.3 Å². The number of methoxy groups -OCH3 is 1. The topological polar surface area (TPSA) is 62.6 Å². The van der Waals surface area contributed by atoms with Gasteiger partial charge in [-0.05, 0) is 74.0 Å². The molecule has 4 fully saturated rings. The van der Waals surface area contributed by atoms with Gasteiger partial charge in [0.1, 0.15) is 6.61 Å². The molecule has 37 heavy (non-hydrogen) atoms. The van der Waals surface area contributed by atoms with E-state index in [4.69, 9.17) is 14.2 Å². The van der Waals surface area contributed by atoms with Crippen LogP contribution in [0.2, 0.25) is 0 Å². The number of halogens is 2. The number of fused-ring (bicyclic) bond motifs is 5. The van der Waals surface area contributed by atoms with E-state index in [1.807, 2.05) is 0 Å². The molecule has 0 N–H and O–H groups in total. The Hall–Kier alpha value is -1.54. The molecule has 0 saturated heterocycles. The minimum absolute atomic E-state index is 0.00738. The Morgan fingerprint density at radius 3 is 2.65 bits per heavy atom. The number of rotatable bonds is 10. The molecule has 4 aliphatic rings. The first kappa shape index (κ1) is 27.0. The number of ether oxygens (including phenoxy) is 3. The molecule has 4 aliphatic carbocycles. The molecule has 0 amide bonds. The van der Waals surface area contributed by atoms with Crippen molar-refractivity contribution in [1.82, 2.24) is 9.78 Å². The molecule has 1 aromatic heterocycles. The summed E-state index contributed by atoms with van der Waals surface area (Å²) < 4.78 is 49.7. The van der Waals surface area contributed by atoms with Crippen molar-refractivity contribution < 1.29 is 27.8 Å². The molecule has 8 atom stereocenters. The summed E-state index contributed by atoms with van der Waals surface area (Å²) in [6.07, 6.45) is 8.70. The Balaban J connectivity index is 1.22. The molecule has 1 heterocycles. The maximum atomic E-state index is 16.1. The summed E-state index contributed by atoms with van der Waals surface area (Å²) in [6, 6.07) is 1.70. The van der Waals surface area contributed by atoms with Crippen molar-refractivity contribution >= 4 is 5.78 Å². The highest BCUT2D eigenvalue weighted by atomic mass is 19.3. The molecule has 1 aromatic rings. The zero-order valence-corrected chi connectivity index (χ0v) is 22.7. The Kier molecular flexibility index (Phi) is 7.98. The van der Waals surface area contributed by atoms with Gasteiger partial charge in [-0.25, -0.2) is 8.78 Å². The number of carbonyl (C=O) groups excluding carboxylic acids is 1. The van der Waals surface area contributed by atoms with Crippen LogP contribution >= 0.6 is 0 Å². The van der Waals surface area contributed by atoms with Crippen molar-refractivity contribution in [3.05, 3.63) is 12.3 Å². The van der Waals surface area contributed by atoms with Crippen LogP contribution in [0.1, 0.15) is 65.2 Å². The van der Waals surface area contributed by atoms with E-state index in [0.717, 1.165) is 25.2 Å². The van der Waals surface area contributed by atoms with E-state index in [9.17, 15) is 4.79 Å². The SMILES string of the molecule is COCCOCCOc1ccn(CC(=O)[C@H]2CCC3[C@@H]4CC[C@@H]5C[C@@H](C)CC[C@@H]5C4CC(F)(F)[C@@]32C)n1. The van der Waals surface area contributed by atoms with Crippen LogP contribution < -0.4 is 4.74 Å². The Morgan fingerprint density at radius 2 is 1.84 bits per heavy atom. The molecular weight excluding hydrogens is 478 g/mol. The molecule has 2 unspecified atom stereocenters. The molecule has 0 aromatic carbocycles. The summed E-state index contributed by atoms with van der Waals surface area (Å²) in [5, 5.41) is 4.34. The normalized spacial score (nSPS) is 38.5. The van der Waals surface area contributed by atoms with E-state index in [-0.39, 0.29) is 30.6 Å². The summed E-state index contributed by atoms with van der Waals surface area (Å²) in [6.45, 7) is 5.83. The number of Topliss-reactive ketones (excluding diaryl/α,β-unsaturated/α-hetero) is 1. The lowest BCUT2D eigenvalue weighted by Crippen LogP contribution is -2.59. The van der Waals surface area contributed by atoms with Crippen molar-refractivity contribution in [2.24, 2.45) is 46.8 Å². The molecule has 208 valence electrons. The maximum Gasteiger partial charge on any atom is 0.254 e. The maximum absolute atomic E-state index is 16.1. The van der Waals surface area contributed by atoms with Gasteiger partial charge in [-0.15, -0.1) is 5.10 Å². The van der Waals surface area contributed by atoms with Crippen molar-refractivity contribution in [1.29, 1.82) is 0 Å². The van der Waals surface area contributed by atoms with Crippen LogP contribution in [0.5, 0.6) is 5.88 Å². The van der Waals surface area contributed by atoms with Gasteiger partial charge >= 0.3 is 0 Å². The summed E-state index contributed by atoms with van der Waals surface area (Å²) in [7, 11) is 1.62. The van der Waals surface area contributed by atoms with Gasteiger partial charge in [-0.3, -0.25) is 9.48 Å². The smallest absolute Gasteiger partial charge is 0.254 e. The molecule has 8 heteroatoms. The number of aromatic nitrogens is 2. The van der Waals surface area contributed by atoms with Gasteiger partial charge in [-0.1, -0.05) is 20.3 Å². The van der Waals surface area contributed by atoms with Crippen molar-refractivity contribution in [3.8, 4) is 5.88 Å². The quantitative estimate of drug-likeness (QED) is 0.372. The number of hydrogen-bond acceptors (Lipinski definition) is 5. The van der Waals surface area contributed by atoms with Crippen LogP contribution in [-0.4, -0.2) is 55.0 Å². The van der Waals surface area contributed by atoms with Gasteiger partial charge in [0.05, 0.1) is 26.4 Å². The number of nitrogens with zero attached hydrogens (tertiary/aromatic N) is 2. The second-order valence-electron chi connectivity index (χ2n) is 12.4. The van der Waals surface area contributed by atoms with Gasteiger partial charge in [0.2, 0.25) is 5.88 Å². The average molecular weight is 523 g/mol. The van der Waals surface area contributed by atoms with Gasteiger partial charge in [0, 0.05) is 37.1 Å². The minimum Gasteiger partial charge on any atom is -0.474 e. The zero-order chi connectivity index (χ0) is 26.2. The lowest BCUT2D eigenvalue weighted by atomic mass is 9.48. The van der Waals surface area contributed by atoms with Crippen molar-refractivity contribution in [3.63, 3.8) is 0 Å². The van der Waals surface area contributed by atoms with E-state index < -0.39 is 17.3 Å². The molecule has 6 nitrogen and oxygen atoms in total. The van der Waals surface area contributed by atoms with E-state index in [2.05, 4.69) is 12.0 Å². The van der Waals surface area contributed by atoms with Crippen LogP contribution in [0.15, 0.2) is 12.3 Å². The third-order valence-corrected chi connectivity index (χ3v) is 10.6. The number of hydrogen-bond donors (Lipinski definition) is 0. The van der Waals surface area contributed by atoms with E-state index >= 15 is 8.78 Å². The molecule has 4 saturated carbocycles. The highest BCUT2D eigenvalue weighted by molar-refractivity contribution is 5.82. The molecule has 0 aliphatic heterocycles. The lowest BCUT2D eigenvalue weighted by Gasteiger charge is -2.58. The lowest BCUT2D eigenvalue weighted by molar-refractivity contribution is -0.226. The molecule has 0 spiro atoms. The Morgan fingerprint density at radius 1 is 1.05 bits per heavy atom. The first-order valence-corrected chi connectivity index (χ1v) is 14.4. The summed E-state index contributed by atoms with van der Waals surface area (Å²) in [5.41, 5.74) is -1.26. The third-order valence-electron chi connectivity index (χ3n) is 10.6. The standard InChI is InChI=1S/C29H44F2N2O4/c1-19-4-6-21-20(16-19)5-7-22-23(21)17-29(30,31)28(2)24(22)8-9-25(28)26(34)18-33-11-10-27(32-33)37-15-14-36-13-12-35-3/h10-11,19-25H,4-9,12-18H2,1-3H3/t19-,20+,21-,22+,23?,24?,25+,28-/m0/s1. The predicted octanol–water partition coefficient (Wildman–Crippen LogP) is 5.64. The predicted molar refractivity (Wildman–Crippen MR) is 136 cm³/mol. The van der Waals surface area contributed by atoms with Crippen LogP contribution in [-0.2, 0) is 20.8 Å². The monoisotopic (exact) mass is 522 g/mol. The van der Waals surface area contributed by atoms with Crippen LogP contribution in [0.3, 0.4) is 0 Å². The molecule has 0 radical (unpaired) electrons. The molecular formula is C29H44F2N2O4. The van der Waals surface area contributed by atoms with Crippen LogP contribution in [0, 0.1) is 46.8 Å². The second-order valence-corrected chi connectivity index (χ2v) is 12.4. The number of alkyl halides is 2. The highest BCUT2D eigenvalue weighted by Crippen LogP contribution is 2.69. The van der Waals surface area contributed by atoms with Crippen molar-refractivity contribution in [2.45, 2.75) is 77.7 Å².